The molecule has 1 atom stereocenters. The minimum atomic E-state index is -0.788. The van der Waals surface area contributed by atoms with Gasteiger partial charge in [0.2, 0.25) is 0 Å². The number of hydrogen-bond acceptors (Lipinski definition) is 4. The van der Waals surface area contributed by atoms with Gasteiger partial charge in [-0.2, -0.15) is 0 Å². The van der Waals surface area contributed by atoms with Gasteiger partial charge in [-0.3, -0.25) is 0 Å². The first-order valence-corrected chi connectivity index (χ1v) is 8.73. The van der Waals surface area contributed by atoms with Crippen LogP contribution in [0.25, 0.3) is 0 Å². The Balaban J connectivity index is 2.07. The number of amides is 1. The Morgan fingerprint density at radius 3 is 2.27 bits per heavy atom. The smallest absolute Gasteiger partial charge is 0.410 e. The number of phenolic OH excluding ortho intramolecular Hbond substituents is 1. The highest BCUT2D eigenvalue weighted by Crippen LogP contribution is 2.18. The largest absolute Gasteiger partial charge is 0.508 e. The zero-order valence-corrected chi connectivity index (χ0v) is 15.6. The van der Waals surface area contributed by atoms with Crippen LogP contribution in [0.2, 0.25) is 0 Å². The minimum Gasteiger partial charge on any atom is -0.508 e. The fraction of sp³-hybridized carbons (Fsp3) is 0.381. The molecule has 0 unspecified atom stereocenters. The standard InChI is InChI=1S/C21H27NO4/c1-21(2,3)26-20(25)22(14-13-16-9-11-18(23)12-10-16)15-19(24)17-7-5-4-6-8-17/h4-12,19,23-24H,13-15H2,1-3H3/t19-/m0/s1. The third kappa shape index (κ3) is 6.41. The molecule has 2 aromatic carbocycles. The van der Waals surface area contributed by atoms with Gasteiger partial charge in [-0.25, -0.2) is 4.79 Å². The van der Waals surface area contributed by atoms with Gasteiger partial charge >= 0.3 is 6.09 Å². The molecular formula is C21H27NO4. The van der Waals surface area contributed by atoms with E-state index in [2.05, 4.69) is 0 Å². The number of benzene rings is 2. The van der Waals surface area contributed by atoms with Crippen LogP contribution in [0, 0.1) is 0 Å². The van der Waals surface area contributed by atoms with Crippen molar-refractivity contribution < 1.29 is 19.7 Å². The summed E-state index contributed by atoms with van der Waals surface area (Å²) in [5.41, 5.74) is 1.14. The van der Waals surface area contributed by atoms with Crippen molar-refractivity contribution in [2.75, 3.05) is 13.1 Å². The molecule has 0 saturated heterocycles. The zero-order valence-electron chi connectivity index (χ0n) is 15.6. The second kappa shape index (κ2) is 8.72. The molecule has 2 aromatic rings. The van der Waals surface area contributed by atoms with Gasteiger partial charge in [0.1, 0.15) is 11.4 Å². The predicted molar refractivity (Wildman–Crippen MR) is 101 cm³/mol. The molecule has 0 aliphatic rings. The first-order valence-electron chi connectivity index (χ1n) is 8.73. The molecular weight excluding hydrogens is 330 g/mol. The molecule has 2 N–H and O–H groups in total. The zero-order chi connectivity index (χ0) is 19.2. The van der Waals surface area contributed by atoms with E-state index in [-0.39, 0.29) is 12.3 Å². The van der Waals surface area contributed by atoms with Crippen molar-refractivity contribution in [1.29, 1.82) is 0 Å². The van der Waals surface area contributed by atoms with Gasteiger partial charge < -0.3 is 19.8 Å². The molecule has 0 spiro atoms. The molecule has 5 heteroatoms. The Hall–Kier alpha value is -2.53. The summed E-state index contributed by atoms with van der Waals surface area (Å²) in [6.45, 7) is 6.00. The van der Waals surface area contributed by atoms with E-state index in [1.54, 1.807) is 12.1 Å². The molecule has 0 aliphatic carbocycles. The SMILES string of the molecule is CC(C)(C)OC(=O)N(CCc1ccc(O)cc1)C[C@H](O)c1ccccc1. The van der Waals surface area contributed by atoms with E-state index in [9.17, 15) is 15.0 Å². The van der Waals surface area contributed by atoms with Crippen molar-refractivity contribution in [2.24, 2.45) is 0 Å². The quantitative estimate of drug-likeness (QED) is 0.822. The molecule has 26 heavy (non-hydrogen) atoms. The number of rotatable bonds is 6. The van der Waals surface area contributed by atoms with E-state index in [0.29, 0.717) is 13.0 Å². The Labute approximate surface area is 154 Å². The van der Waals surface area contributed by atoms with E-state index in [4.69, 9.17) is 4.74 Å². The van der Waals surface area contributed by atoms with Crippen LogP contribution in [0.1, 0.15) is 38.0 Å². The fourth-order valence-electron chi connectivity index (χ4n) is 2.50. The lowest BCUT2D eigenvalue weighted by atomic mass is 10.1. The van der Waals surface area contributed by atoms with Gasteiger partial charge in [0.05, 0.1) is 12.6 Å². The van der Waals surface area contributed by atoms with Crippen LogP contribution in [-0.2, 0) is 11.2 Å². The summed E-state index contributed by atoms with van der Waals surface area (Å²) in [4.78, 5) is 14.1. The Bertz CT molecular complexity index is 692. The maximum atomic E-state index is 12.6. The molecule has 0 aromatic heterocycles. The topological polar surface area (TPSA) is 70.0 Å². The molecule has 0 aliphatic heterocycles. The van der Waals surface area contributed by atoms with Crippen molar-refractivity contribution >= 4 is 6.09 Å². The first kappa shape index (κ1) is 19.8. The van der Waals surface area contributed by atoms with Crippen molar-refractivity contribution in [3.8, 4) is 5.75 Å². The number of carbonyl (C=O) groups excluding carboxylic acids is 1. The lowest BCUT2D eigenvalue weighted by molar-refractivity contribution is 0.0147. The maximum absolute atomic E-state index is 12.6. The van der Waals surface area contributed by atoms with Crippen molar-refractivity contribution in [3.63, 3.8) is 0 Å². The van der Waals surface area contributed by atoms with Crippen molar-refractivity contribution in [3.05, 3.63) is 65.7 Å². The minimum absolute atomic E-state index is 0.150. The van der Waals surface area contributed by atoms with E-state index in [0.717, 1.165) is 11.1 Å². The summed E-state index contributed by atoms with van der Waals surface area (Å²) in [7, 11) is 0. The fourth-order valence-corrected chi connectivity index (χ4v) is 2.50. The Morgan fingerprint density at radius 2 is 1.69 bits per heavy atom. The van der Waals surface area contributed by atoms with Crippen LogP contribution < -0.4 is 0 Å². The normalized spacial score (nSPS) is 12.5. The molecule has 0 bridgehead atoms. The summed E-state index contributed by atoms with van der Waals surface area (Å²) in [6.07, 6.45) is -0.643. The average Bonchev–Trinajstić information content (AvgIpc) is 2.59. The maximum Gasteiger partial charge on any atom is 0.410 e. The highest BCUT2D eigenvalue weighted by Gasteiger charge is 2.24. The molecule has 0 saturated carbocycles. The van der Waals surface area contributed by atoms with Crippen LogP contribution in [0.4, 0.5) is 4.79 Å². The lowest BCUT2D eigenvalue weighted by Crippen LogP contribution is -2.40. The van der Waals surface area contributed by atoms with Gasteiger partial charge in [-0.05, 0) is 50.5 Å². The van der Waals surface area contributed by atoms with Crippen LogP contribution in [-0.4, -0.2) is 39.9 Å². The number of hydrogen-bond donors (Lipinski definition) is 2. The third-order valence-electron chi connectivity index (χ3n) is 3.84. The third-order valence-corrected chi connectivity index (χ3v) is 3.84. The molecule has 1 amide bonds. The van der Waals surface area contributed by atoms with E-state index >= 15 is 0 Å². The highest BCUT2D eigenvalue weighted by atomic mass is 16.6. The van der Waals surface area contributed by atoms with Gasteiger partial charge in [0.25, 0.3) is 0 Å². The van der Waals surface area contributed by atoms with E-state index in [1.165, 1.54) is 4.90 Å². The van der Waals surface area contributed by atoms with Gasteiger partial charge in [-0.15, -0.1) is 0 Å². The van der Waals surface area contributed by atoms with Gasteiger partial charge in [-0.1, -0.05) is 42.5 Å². The molecule has 0 radical (unpaired) electrons. The van der Waals surface area contributed by atoms with E-state index in [1.807, 2.05) is 63.2 Å². The van der Waals surface area contributed by atoms with Gasteiger partial charge in [0, 0.05) is 6.54 Å². The first-order chi connectivity index (χ1) is 12.2. The number of carbonyl (C=O) groups is 1. The molecule has 5 nitrogen and oxygen atoms in total. The summed E-state index contributed by atoms with van der Waals surface area (Å²) < 4.78 is 5.48. The Kier molecular flexibility index (Phi) is 6.64. The number of aliphatic hydroxyl groups excluding tert-OH is 1. The number of aliphatic hydroxyl groups is 1. The monoisotopic (exact) mass is 357 g/mol. The molecule has 140 valence electrons. The second-order valence-electron chi connectivity index (χ2n) is 7.27. The number of phenols is 1. The highest BCUT2D eigenvalue weighted by molar-refractivity contribution is 5.68. The van der Waals surface area contributed by atoms with Crippen LogP contribution in [0.5, 0.6) is 5.75 Å². The summed E-state index contributed by atoms with van der Waals surface area (Å²) in [6, 6.07) is 16.1. The van der Waals surface area contributed by atoms with Crippen molar-refractivity contribution in [1.82, 2.24) is 4.90 Å². The molecule has 0 fully saturated rings. The van der Waals surface area contributed by atoms with Crippen LogP contribution >= 0.6 is 0 Å². The summed E-state index contributed by atoms with van der Waals surface area (Å²) in [5, 5.41) is 19.9. The van der Waals surface area contributed by atoms with Crippen LogP contribution in [0.3, 0.4) is 0 Å². The van der Waals surface area contributed by atoms with Gasteiger partial charge in [0.15, 0.2) is 0 Å². The number of aromatic hydroxyl groups is 1. The van der Waals surface area contributed by atoms with Crippen molar-refractivity contribution in [2.45, 2.75) is 38.9 Å². The lowest BCUT2D eigenvalue weighted by Gasteiger charge is -2.29. The average molecular weight is 357 g/mol. The van der Waals surface area contributed by atoms with E-state index < -0.39 is 17.8 Å². The molecule has 0 heterocycles. The second-order valence-corrected chi connectivity index (χ2v) is 7.27. The number of ether oxygens (including phenoxy) is 1. The summed E-state index contributed by atoms with van der Waals surface area (Å²) in [5.74, 6) is 0.206. The predicted octanol–water partition coefficient (Wildman–Crippen LogP) is 3.91. The van der Waals surface area contributed by atoms with Crippen LogP contribution in [0.15, 0.2) is 54.6 Å². The summed E-state index contributed by atoms with van der Waals surface area (Å²) >= 11 is 0. The molecule has 2 rings (SSSR count). The Morgan fingerprint density at radius 1 is 1.08 bits per heavy atom. The number of nitrogens with zero attached hydrogens (tertiary/aromatic N) is 1.